The van der Waals surface area contributed by atoms with Crippen LogP contribution in [0.3, 0.4) is 0 Å². The van der Waals surface area contributed by atoms with Crippen LogP contribution in [0, 0.1) is 0 Å². The summed E-state index contributed by atoms with van der Waals surface area (Å²) in [7, 11) is -2.33. The predicted octanol–water partition coefficient (Wildman–Crippen LogP) is 3.43. The molecule has 0 heterocycles. The maximum Gasteiger partial charge on any atom is 0.324 e. The van der Waals surface area contributed by atoms with Gasteiger partial charge in [-0.3, -0.25) is 4.79 Å². The number of ether oxygens (including phenoxy) is 1. The number of nitrogens with one attached hydrogen (secondary N) is 1. The Kier molecular flexibility index (Phi) is 5.53. The summed E-state index contributed by atoms with van der Waals surface area (Å²) in [6, 6.07) is 13.9. The third kappa shape index (κ3) is 4.14. The lowest BCUT2D eigenvalue weighted by Gasteiger charge is -2.33. The molecule has 0 bridgehead atoms. The van der Waals surface area contributed by atoms with Gasteiger partial charge in [-0.2, -0.15) is 4.72 Å². The fourth-order valence-electron chi connectivity index (χ4n) is 3.44. The molecule has 0 aliphatic heterocycles. The van der Waals surface area contributed by atoms with Crippen molar-refractivity contribution in [2.24, 2.45) is 0 Å². The zero-order valence-corrected chi connectivity index (χ0v) is 16.0. The molecule has 2 aromatic rings. The minimum absolute atomic E-state index is 0.0611. The molecule has 3 rings (SSSR count). The smallest absolute Gasteiger partial charge is 0.324 e. The van der Waals surface area contributed by atoms with E-state index in [0.717, 1.165) is 23.3 Å². The molecular formula is C20H23NO5S. The maximum atomic E-state index is 12.8. The largest absolute Gasteiger partial charge is 0.497 e. The van der Waals surface area contributed by atoms with Crippen LogP contribution in [-0.2, 0) is 14.8 Å². The topological polar surface area (TPSA) is 92.7 Å². The van der Waals surface area contributed by atoms with E-state index in [1.807, 2.05) is 24.3 Å². The van der Waals surface area contributed by atoms with Crippen LogP contribution in [0.5, 0.6) is 5.75 Å². The second-order valence-corrected chi connectivity index (χ2v) is 8.49. The van der Waals surface area contributed by atoms with Gasteiger partial charge < -0.3 is 9.84 Å². The molecule has 27 heavy (non-hydrogen) atoms. The van der Waals surface area contributed by atoms with Gasteiger partial charge in [-0.15, -0.1) is 0 Å². The van der Waals surface area contributed by atoms with Gasteiger partial charge in [-0.05, 0) is 48.2 Å². The average molecular weight is 389 g/mol. The van der Waals surface area contributed by atoms with Crippen molar-refractivity contribution in [2.45, 2.75) is 42.5 Å². The van der Waals surface area contributed by atoms with Gasteiger partial charge in [0.2, 0.25) is 10.0 Å². The summed E-state index contributed by atoms with van der Waals surface area (Å²) in [4.78, 5) is 11.8. The van der Waals surface area contributed by atoms with Crippen molar-refractivity contribution in [2.75, 3.05) is 7.11 Å². The number of carboxylic acids is 1. The van der Waals surface area contributed by atoms with Crippen LogP contribution in [0.2, 0.25) is 0 Å². The van der Waals surface area contributed by atoms with Gasteiger partial charge >= 0.3 is 5.97 Å². The highest BCUT2D eigenvalue weighted by molar-refractivity contribution is 7.89. The molecule has 0 saturated heterocycles. The summed E-state index contributed by atoms with van der Waals surface area (Å²) < 4.78 is 33.1. The molecule has 1 saturated carbocycles. The summed E-state index contributed by atoms with van der Waals surface area (Å²) in [5, 5.41) is 9.60. The van der Waals surface area contributed by atoms with Crippen LogP contribution in [0.25, 0.3) is 11.1 Å². The first-order chi connectivity index (χ1) is 12.9. The zero-order chi connectivity index (χ0) is 19.5. The highest BCUT2D eigenvalue weighted by atomic mass is 32.2. The SMILES string of the molecule is COc1ccc(-c2ccc(S(=O)(=O)NC3(C(=O)O)CCCCC3)cc2)cc1. The minimum atomic E-state index is -3.92. The first kappa shape index (κ1) is 19.4. The number of sulfonamides is 1. The molecule has 0 aromatic heterocycles. The average Bonchev–Trinajstić information content (AvgIpc) is 2.68. The Labute approximate surface area is 159 Å². The molecule has 1 aliphatic carbocycles. The number of carboxylic acid groups (broad SMARTS) is 1. The standard InChI is InChI=1S/C20H23NO5S/c1-26-17-9-5-15(6-10-17)16-7-11-18(12-8-16)27(24,25)21-20(19(22)23)13-3-2-4-14-20/h5-12,21H,2-4,13-14H2,1H3,(H,22,23). The molecule has 0 radical (unpaired) electrons. The molecular weight excluding hydrogens is 366 g/mol. The molecule has 144 valence electrons. The van der Waals surface area contributed by atoms with Crippen LogP contribution >= 0.6 is 0 Å². The van der Waals surface area contributed by atoms with Crippen molar-refractivity contribution in [1.29, 1.82) is 0 Å². The Balaban J connectivity index is 1.83. The third-order valence-corrected chi connectivity index (χ3v) is 6.59. The first-order valence-electron chi connectivity index (χ1n) is 8.88. The lowest BCUT2D eigenvalue weighted by molar-refractivity contribution is -0.145. The van der Waals surface area contributed by atoms with Crippen molar-refractivity contribution in [3.8, 4) is 16.9 Å². The van der Waals surface area contributed by atoms with E-state index in [4.69, 9.17) is 4.74 Å². The molecule has 2 N–H and O–H groups in total. The number of benzene rings is 2. The number of hydrogen-bond acceptors (Lipinski definition) is 4. The van der Waals surface area contributed by atoms with Crippen molar-refractivity contribution in [3.63, 3.8) is 0 Å². The van der Waals surface area contributed by atoms with E-state index < -0.39 is 21.5 Å². The molecule has 1 fully saturated rings. The molecule has 2 aromatic carbocycles. The predicted molar refractivity (Wildman–Crippen MR) is 102 cm³/mol. The quantitative estimate of drug-likeness (QED) is 0.790. The third-order valence-electron chi connectivity index (χ3n) is 5.03. The molecule has 0 amide bonds. The number of methoxy groups -OCH3 is 1. The van der Waals surface area contributed by atoms with Gasteiger partial charge in [0.1, 0.15) is 11.3 Å². The van der Waals surface area contributed by atoms with E-state index >= 15 is 0 Å². The lowest BCUT2D eigenvalue weighted by Crippen LogP contribution is -2.55. The van der Waals surface area contributed by atoms with E-state index in [-0.39, 0.29) is 4.90 Å². The van der Waals surface area contributed by atoms with E-state index in [1.54, 1.807) is 19.2 Å². The van der Waals surface area contributed by atoms with Crippen LogP contribution in [0.15, 0.2) is 53.4 Å². The summed E-state index contributed by atoms with van der Waals surface area (Å²) in [5.74, 6) is -0.366. The Morgan fingerprint density at radius 1 is 0.963 bits per heavy atom. The molecule has 7 heteroatoms. The molecule has 1 aliphatic rings. The number of carbonyl (C=O) groups is 1. The lowest BCUT2D eigenvalue weighted by atomic mass is 9.83. The molecule has 6 nitrogen and oxygen atoms in total. The maximum absolute atomic E-state index is 12.8. The van der Waals surface area contributed by atoms with Crippen LogP contribution in [-0.4, -0.2) is 32.1 Å². The summed E-state index contributed by atoms with van der Waals surface area (Å²) in [6.45, 7) is 0. The number of hydrogen-bond donors (Lipinski definition) is 2. The van der Waals surface area contributed by atoms with Crippen LogP contribution < -0.4 is 9.46 Å². The normalized spacial score (nSPS) is 16.6. The summed E-state index contributed by atoms with van der Waals surface area (Å²) in [6.07, 6.45) is 2.95. The highest BCUT2D eigenvalue weighted by Gasteiger charge is 2.43. The van der Waals surface area contributed by atoms with Crippen molar-refractivity contribution < 1.29 is 23.1 Å². The molecule has 0 spiro atoms. The van der Waals surface area contributed by atoms with E-state index in [9.17, 15) is 18.3 Å². The highest BCUT2D eigenvalue weighted by Crippen LogP contribution is 2.31. The Morgan fingerprint density at radius 3 is 1.96 bits per heavy atom. The number of rotatable bonds is 6. The first-order valence-corrected chi connectivity index (χ1v) is 10.4. The van der Waals surface area contributed by atoms with Gasteiger partial charge in [0, 0.05) is 0 Å². The van der Waals surface area contributed by atoms with Gasteiger partial charge in [0.15, 0.2) is 0 Å². The summed E-state index contributed by atoms with van der Waals surface area (Å²) in [5.41, 5.74) is 0.385. The van der Waals surface area contributed by atoms with Gasteiger partial charge in [0.25, 0.3) is 0 Å². The van der Waals surface area contributed by atoms with Gasteiger partial charge in [-0.25, -0.2) is 8.42 Å². The second kappa shape index (κ2) is 7.70. The molecule has 0 unspecified atom stereocenters. The van der Waals surface area contributed by atoms with Crippen molar-refractivity contribution in [1.82, 2.24) is 4.72 Å². The van der Waals surface area contributed by atoms with Crippen molar-refractivity contribution in [3.05, 3.63) is 48.5 Å². The van der Waals surface area contributed by atoms with Crippen molar-refractivity contribution >= 4 is 16.0 Å². The van der Waals surface area contributed by atoms with Gasteiger partial charge in [-0.1, -0.05) is 43.5 Å². The summed E-state index contributed by atoms with van der Waals surface area (Å²) >= 11 is 0. The van der Waals surface area contributed by atoms with Crippen LogP contribution in [0.1, 0.15) is 32.1 Å². The van der Waals surface area contributed by atoms with E-state index in [1.165, 1.54) is 12.1 Å². The second-order valence-electron chi connectivity index (χ2n) is 6.81. The van der Waals surface area contributed by atoms with Crippen LogP contribution in [0.4, 0.5) is 0 Å². The Morgan fingerprint density at radius 2 is 1.48 bits per heavy atom. The monoisotopic (exact) mass is 389 g/mol. The van der Waals surface area contributed by atoms with E-state index in [0.29, 0.717) is 25.7 Å². The minimum Gasteiger partial charge on any atom is -0.497 e. The Hall–Kier alpha value is -2.38. The number of aliphatic carboxylic acids is 1. The van der Waals surface area contributed by atoms with E-state index in [2.05, 4.69) is 4.72 Å². The molecule has 0 atom stereocenters. The fraction of sp³-hybridized carbons (Fsp3) is 0.350. The Bertz CT molecular complexity index is 898. The zero-order valence-electron chi connectivity index (χ0n) is 15.1. The van der Waals surface area contributed by atoms with Gasteiger partial charge in [0.05, 0.1) is 12.0 Å². The fourth-order valence-corrected chi connectivity index (χ4v) is 4.86.